The molecule has 4 aromatic rings. The topological polar surface area (TPSA) is 67.2 Å². The molecular formula is C25H23FN4O2. The van der Waals surface area contributed by atoms with Crippen molar-refractivity contribution in [2.75, 3.05) is 7.05 Å². The molecule has 0 spiro atoms. The number of urea groups is 1. The van der Waals surface area contributed by atoms with Gasteiger partial charge in [-0.1, -0.05) is 42.5 Å². The van der Waals surface area contributed by atoms with Gasteiger partial charge in [0.2, 0.25) is 0 Å². The van der Waals surface area contributed by atoms with Gasteiger partial charge in [-0.05, 0) is 48.9 Å². The molecule has 2 amide bonds. The van der Waals surface area contributed by atoms with E-state index in [1.54, 1.807) is 32.2 Å². The first-order chi connectivity index (χ1) is 15.5. The van der Waals surface area contributed by atoms with E-state index < -0.39 is 11.9 Å². The Hall–Kier alpha value is -4.00. The van der Waals surface area contributed by atoms with E-state index in [0.29, 0.717) is 29.0 Å². The maximum Gasteiger partial charge on any atom is 0.318 e. The highest BCUT2D eigenvalue weighted by molar-refractivity contribution is 5.78. The Balaban J connectivity index is 1.71. The lowest BCUT2D eigenvalue weighted by atomic mass is 10.2. The van der Waals surface area contributed by atoms with E-state index >= 15 is 0 Å². The molecule has 162 valence electrons. The summed E-state index contributed by atoms with van der Waals surface area (Å²) in [5.74, 6) is -0.0137. The molecule has 7 heteroatoms. The summed E-state index contributed by atoms with van der Waals surface area (Å²) < 4.78 is 14.9. The van der Waals surface area contributed by atoms with Crippen molar-refractivity contribution >= 4 is 16.9 Å². The monoisotopic (exact) mass is 430 g/mol. The van der Waals surface area contributed by atoms with Crippen LogP contribution in [-0.4, -0.2) is 27.5 Å². The number of fused-ring (bicyclic) bond motifs is 1. The molecule has 0 aliphatic carbocycles. The highest BCUT2D eigenvalue weighted by Crippen LogP contribution is 2.22. The highest BCUT2D eigenvalue weighted by Gasteiger charge is 2.24. The molecule has 1 atom stereocenters. The van der Waals surface area contributed by atoms with Crippen LogP contribution in [0.5, 0.6) is 0 Å². The number of benzene rings is 3. The minimum atomic E-state index is -0.534. The molecule has 0 saturated heterocycles. The van der Waals surface area contributed by atoms with Crippen LogP contribution in [-0.2, 0) is 6.54 Å². The maximum atomic E-state index is 13.5. The van der Waals surface area contributed by atoms with Gasteiger partial charge in [0.05, 0.1) is 22.6 Å². The van der Waals surface area contributed by atoms with Crippen LogP contribution in [0, 0.1) is 5.82 Å². The summed E-state index contributed by atoms with van der Waals surface area (Å²) in [5, 5.41) is 3.34. The summed E-state index contributed by atoms with van der Waals surface area (Å²) in [7, 11) is 1.65. The summed E-state index contributed by atoms with van der Waals surface area (Å²) in [6.07, 6.45) is 0. The summed E-state index contributed by atoms with van der Waals surface area (Å²) >= 11 is 0. The van der Waals surface area contributed by atoms with E-state index in [-0.39, 0.29) is 11.6 Å². The Kier molecular flexibility index (Phi) is 5.98. The molecule has 4 rings (SSSR count). The molecule has 0 aliphatic heterocycles. The number of carbonyl (C=O) groups excluding carboxylic acids is 1. The summed E-state index contributed by atoms with van der Waals surface area (Å²) in [4.78, 5) is 32.4. The lowest BCUT2D eigenvalue weighted by molar-refractivity contribution is 0.191. The molecule has 0 fully saturated rings. The molecule has 0 aliphatic rings. The fraction of sp³-hybridized carbons (Fsp3) is 0.160. The Morgan fingerprint density at radius 3 is 2.41 bits per heavy atom. The molecule has 1 aromatic heterocycles. The van der Waals surface area contributed by atoms with Crippen LogP contribution in [0.4, 0.5) is 9.18 Å². The van der Waals surface area contributed by atoms with Crippen LogP contribution in [0.25, 0.3) is 16.6 Å². The van der Waals surface area contributed by atoms with Crippen molar-refractivity contribution < 1.29 is 9.18 Å². The van der Waals surface area contributed by atoms with Gasteiger partial charge in [-0.2, -0.15) is 0 Å². The van der Waals surface area contributed by atoms with Crippen LogP contribution in [0.2, 0.25) is 0 Å². The van der Waals surface area contributed by atoms with E-state index in [9.17, 15) is 14.0 Å². The predicted molar refractivity (Wildman–Crippen MR) is 122 cm³/mol. The van der Waals surface area contributed by atoms with Crippen LogP contribution < -0.4 is 10.9 Å². The second-order valence-electron chi connectivity index (χ2n) is 7.54. The van der Waals surface area contributed by atoms with Gasteiger partial charge in [0, 0.05) is 13.6 Å². The largest absolute Gasteiger partial charge is 0.334 e. The van der Waals surface area contributed by atoms with Crippen molar-refractivity contribution in [3.05, 3.63) is 106 Å². The first-order valence-electron chi connectivity index (χ1n) is 10.3. The standard InChI is InChI=1S/C25H23FN4O2/c1-17(29(2)25(32)27-16-18-8-4-3-5-9-18)23-28-22-11-7-6-10-21(22)24(31)30(23)20-14-12-19(26)13-15-20/h3-15,17H,16H2,1-2H3,(H,27,32). The molecule has 6 nitrogen and oxygen atoms in total. The maximum absolute atomic E-state index is 13.5. The molecule has 3 aromatic carbocycles. The minimum Gasteiger partial charge on any atom is -0.334 e. The Morgan fingerprint density at radius 2 is 1.69 bits per heavy atom. The van der Waals surface area contributed by atoms with E-state index in [1.807, 2.05) is 36.4 Å². The SMILES string of the molecule is CC(c1nc2ccccc2c(=O)n1-c1ccc(F)cc1)N(C)C(=O)NCc1ccccc1. The predicted octanol–water partition coefficient (Wildman–Crippen LogP) is 4.43. The second-order valence-corrected chi connectivity index (χ2v) is 7.54. The summed E-state index contributed by atoms with van der Waals surface area (Å²) in [6, 6.07) is 21.5. The number of carbonyl (C=O) groups is 1. The van der Waals surface area contributed by atoms with E-state index in [2.05, 4.69) is 5.32 Å². The minimum absolute atomic E-state index is 0.276. The highest BCUT2D eigenvalue weighted by atomic mass is 19.1. The van der Waals surface area contributed by atoms with Crippen molar-refractivity contribution in [1.29, 1.82) is 0 Å². The van der Waals surface area contributed by atoms with Crippen LogP contribution >= 0.6 is 0 Å². The number of amides is 2. The third-order valence-corrected chi connectivity index (χ3v) is 5.45. The average molecular weight is 430 g/mol. The van der Waals surface area contributed by atoms with Crippen molar-refractivity contribution in [3.8, 4) is 5.69 Å². The molecule has 0 bridgehead atoms. The van der Waals surface area contributed by atoms with Gasteiger partial charge in [0.15, 0.2) is 0 Å². The van der Waals surface area contributed by atoms with Crippen molar-refractivity contribution in [1.82, 2.24) is 19.8 Å². The molecular weight excluding hydrogens is 407 g/mol. The number of nitrogens with one attached hydrogen (secondary N) is 1. The number of halogens is 1. The number of aromatic nitrogens is 2. The van der Waals surface area contributed by atoms with Crippen molar-refractivity contribution in [2.24, 2.45) is 0 Å². The Bertz CT molecular complexity index is 1300. The number of nitrogens with zero attached hydrogens (tertiary/aromatic N) is 3. The normalized spacial score (nSPS) is 11.8. The zero-order valence-corrected chi connectivity index (χ0v) is 17.8. The molecule has 1 heterocycles. The number of hydrogen-bond donors (Lipinski definition) is 1. The molecule has 0 radical (unpaired) electrons. The molecule has 0 saturated carbocycles. The second kappa shape index (κ2) is 9.01. The van der Waals surface area contributed by atoms with E-state index in [4.69, 9.17) is 4.98 Å². The van der Waals surface area contributed by atoms with Gasteiger partial charge < -0.3 is 10.2 Å². The van der Waals surface area contributed by atoms with Crippen LogP contribution in [0.3, 0.4) is 0 Å². The third-order valence-electron chi connectivity index (χ3n) is 5.45. The lowest BCUT2D eigenvalue weighted by Crippen LogP contribution is -2.40. The zero-order chi connectivity index (χ0) is 22.7. The van der Waals surface area contributed by atoms with Gasteiger partial charge in [-0.3, -0.25) is 9.36 Å². The van der Waals surface area contributed by atoms with Crippen molar-refractivity contribution in [3.63, 3.8) is 0 Å². The van der Waals surface area contributed by atoms with Gasteiger partial charge >= 0.3 is 6.03 Å². The fourth-order valence-electron chi connectivity index (χ4n) is 3.52. The van der Waals surface area contributed by atoms with Gasteiger partial charge in [0.1, 0.15) is 11.6 Å². The molecule has 32 heavy (non-hydrogen) atoms. The fourth-order valence-corrected chi connectivity index (χ4v) is 3.52. The quantitative estimate of drug-likeness (QED) is 0.509. The number of hydrogen-bond acceptors (Lipinski definition) is 3. The lowest BCUT2D eigenvalue weighted by Gasteiger charge is -2.27. The Labute approximate surface area is 184 Å². The number of para-hydroxylation sites is 1. The molecule has 1 N–H and O–H groups in total. The zero-order valence-electron chi connectivity index (χ0n) is 17.8. The van der Waals surface area contributed by atoms with Crippen LogP contribution in [0.1, 0.15) is 24.4 Å². The van der Waals surface area contributed by atoms with E-state index in [0.717, 1.165) is 5.56 Å². The number of rotatable bonds is 5. The first-order valence-corrected chi connectivity index (χ1v) is 10.3. The van der Waals surface area contributed by atoms with Crippen molar-refractivity contribution in [2.45, 2.75) is 19.5 Å². The summed E-state index contributed by atoms with van der Waals surface area (Å²) in [6.45, 7) is 2.19. The van der Waals surface area contributed by atoms with E-state index in [1.165, 1.54) is 33.7 Å². The molecule has 1 unspecified atom stereocenters. The average Bonchev–Trinajstić information content (AvgIpc) is 2.83. The summed E-state index contributed by atoms with van der Waals surface area (Å²) in [5.41, 5.74) is 1.72. The van der Waals surface area contributed by atoms with Gasteiger partial charge in [-0.15, -0.1) is 0 Å². The van der Waals surface area contributed by atoms with Crippen LogP contribution in [0.15, 0.2) is 83.7 Å². The third kappa shape index (κ3) is 4.23. The first kappa shape index (κ1) is 21.2. The van der Waals surface area contributed by atoms with Gasteiger partial charge in [0.25, 0.3) is 5.56 Å². The van der Waals surface area contributed by atoms with Gasteiger partial charge in [-0.25, -0.2) is 14.2 Å². The Morgan fingerprint density at radius 1 is 1.03 bits per heavy atom. The smallest absolute Gasteiger partial charge is 0.318 e.